The third kappa shape index (κ3) is 5.43. The quantitative estimate of drug-likeness (QED) is 0.731. The van der Waals surface area contributed by atoms with Crippen LogP contribution in [0.5, 0.6) is 5.75 Å². The number of carbonyl (C=O) groups excluding carboxylic acids is 2. The van der Waals surface area contributed by atoms with E-state index < -0.39 is 11.9 Å². The van der Waals surface area contributed by atoms with E-state index in [0.717, 1.165) is 11.3 Å². The van der Waals surface area contributed by atoms with Crippen LogP contribution in [0.1, 0.15) is 30.0 Å². The van der Waals surface area contributed by atoms with Crippen LogP contribution in [0.4, 0.5) is 0 Å². The Morgan fingerprint density at radius 3 is 2.54 bits per heavy atom. The Morgan fingerprint density at radius 1 is 1.12 bits per heavy atom. The lowest BCUT2D eigenvalue weighted by molar-refractivity contribution is -0.127. The van der Waals surface area contributed by atoms with Crippen LogP contribution in [0.25, 0.3) is 0 Å². The molecule has 3 N–H and O–H groups in total. The maximum absolute atomic E-state index is 12.0. The molecule has 0 bridgehead atoms. The van der Waals surface area contributed by atoms with Gasteiger partial charge in [0.25, 0.3) is 0 Å². The van der Waals surface area contributed by atoms with Crippen LogP contribution in [0.3, 0.4) is 0 Å². The number of nitrogens with one attached hydrogen (secondary N) is 1. The van der Waals surface area contributed by atoms with E-state index in [-0.39, 0.29) is 12.3 Å². The summed E-state index contributed by atoms with van der Waals surface area (Å²) >= 11 is 0. The van der Waals surface area contributed by atoms with Crippen molar-refractivity contribution in [3.63, 3.8) is 0 Å². The second-order valence-corrected chi connectivity index (χ2v) is 5.58. The second kappa shape index (κ2) is 8.72. The number of hydrogen-bond donors (Lipinski definition) is 2. The molecule has 0 aliphatic heterocycles. The number of hydrogen-bond acceptors (Lipinski definition) is 3. The summed E-state index contributed by atoms with van der Waals surface area (Å²) in [7, 11) is 0. The van der Waals surface area contributed by atoms with Gasteiger partial charge in [-0.1, -0.05) is 42.5 Å². The van der Waals surface area contributed by atoms with E-state index in [4.69, 9.17) is 10.5 Å². The minimum absolute atomic E-state index is 0.226. The average Bonchev–Trinajstić information content (AvgIpc) is 2.57. The topological polar surface area (TPSA) is 81.4 Å². The first kappa shape index (κ1) is 17.5. The minimum atomic E-state index is -0.809. The van der Waals surface area contributed by atoms with E-state index in [1.54, 1.807) is 24.3 Å². The zero-order chi connectivity index (χ0) is 17.4. The van der Waals surface area contributed by atoms with E-state index in [1.807, 2.05) is 37.3 Å². The Hall–Kier alpha value is -2.82. The molecule has 0 aromatic heterocycles. The van der Waals surface area contributed by atoms with Crippen molar-refractivity contribution < 1.29 is 14.3 Å². The molecule has 0 fully saturated rings. The van der Waals surface area contributed by atoms with Gasteiger partial charge in [0.15, 0.2) is 0 Å². The van der Waals surface area contributed by atoms with Crippen molar-refractivity contribution >= 4 is 11.8 Å². The third-order valence-corrected chi connectivity index (χ3v) is 3.53. The van der Waals surface area contributed by atoms with Gasteiger partial charge >= 0.3 is 0 Å². The highest BCUT2D eigenvalue weighted by atomic mass is 16.5. The smallest absolute Gasteiger partial charge is 0.244 e. The van der Waals surface area contributed by atoms with E-state index in [9.17, 15) is 9.59 Å². The molecule has 2 rings (SSSR count). The summed E-state index contributed by atoms with van der Waals surface area (Å²) in [6, 6.07) is 15.9. The molecule has 5 heteroatoms. The largest absolute Gasteiger partial charge is 0.494 e. The summed E-state index contributed by atoms with van der Waals surface area (Å²) in [5, 5.41) is 2.67. The average molecular weight is 326 g/mol. The zero-order valence-electron chi connectivity index (χ0n) is 13.7. The van der Waals surface area contributed by atoms with Crippen LogP contribution >= 0.6 is 0 Å². The van der Waals surface area contributed by atoms with E-state index in [1.165, 1.54) is 0 Å². The van der Waals surface area contributed by atoms with Crippen molar-refractivity contribution in [1.82, 2.24) is 5.32 Å². The highest BCUT2D eigenvalue weighted by Gasteiger charge is 2.19. The summed E-state index contributed by atoms with van der Waals surface area (Å²) in [6.07, 6.45) is 0.822. The standard InChI is InChI=1S/C19H22N2O3/c1-14-7-5-10-16(13-14)24-12-6-11-17(22)21-18(19(20)23)15-8-3-2-4-9-15/h2-5,7-10,13,18H,6,11-12H2,1H3,(H2,20,23)(H,21,22). The molecule has 126 valence electrons. The molecular weight excluding hydrogens is 304 g/mol. The van der Waals surface area contributed by atoms with Crippen LogP contribution in [0.15, 0.2) is 54.6 Å². The van der Waals surface area contributed by atoms with Crippen LogP contribution in [0.2, 0.25) is 0 Å². The van der Waals surface area contributed by atoms with Gasteiger partial charge in [0.1, 0.15) is 11.8 Å². The summed E-state index contributed by atoms with van der Waals surface area (Å²) in [5.41, 5.74) is 7.18. The number of ether oxygens (including phenoxy) is 1. The van der Waals surface area contributed by atoms with E-state index in [2.05, 4.69) is 5.32 Å². The Bertz CT molecular complexity index is 686. The van der Waals surface area contributed by atoms with Gasteiger partial charge in [-0.3, -0.25) is 9.59 Å². The monoisotopic (exact) mass is 326 g/mol. The zero-order valence-corrected chi connectivity index (χ0v) is 13.7. The predicted molar refractivity (Wildman–Crippen MR) is 92.4 cm³/mol. The number of aryl methyl sites for hydroxylation is 1. The lowest BCUT2D eigenvalue weighted by Gasteiger charge is -2.16. The number of rotatable bonds is 8. The molecule has 0 saturated carbocycles. The van der Waals surface area contributed by atoms with Crippen molar-refractivity contribution in [3.8, 4) is 5.75 Å². The summed E-state index contributed by atoms with van der Waals surface area (Å²) in [5.74, 6) is -0.0178. The molecule has 0 aliphatic carbocycles. The molecule has 2 aromatic carbocycles. The second-order valence-electron chi connectivity index (χ2n) is 5.58. The van der Waals surface area contributed by atoms with Gasteiger partial charge < -0.3 is 15.8 Å². The third-order valence-electron chi connectivity index (χ3n) is 3.53. The Kier molecular flexibility index (Phi) is 6.37. The fourth-order valence-electron chi connectivity index (χ4n) is 2.33. The summed E-state index contributed by atoms with van der Waals surface area (Å²) in [6.45, 7) is 2.43. The van der Waals surface area contributed by atoms with Crippen LogP contribution < -0.4 is 15.8 Å². The molecule has 24 heavy (non-hydrogen) atoms. The summed E-state index contributed by atoms with van der Waals surface area (Å²) in [4.78, 5) is 23.6. The molecule has 2 amide bonds. The molecule has 0 spiro atoms. The van der Waals surface area contributed by atoms with Gasteiger partial charge in [0.2, 0.25) is 11.8 Å². The number of benzene rings is 2. The molecule has 0 aliphatic rings. The minimum Gasteiger partial charge on any atom is -0.494 e. The van der Waals surface area contributed by atoms with Crippen molar-refractivity contribution in [1.29, 1.82) is 0 Å². The van der Waals surface area contributed by atoms with Gasteiger partial charge in [-0.2, -0.15) is 0 Å². The fourth-order valence-corrected chi connectivity index (χ4v) is 2.33. The molecule has 2 aromatic rings. The maximum Gasteiger partial charge on any atom is 0.244 e. The first-order chi connectivity index (χ1) is 11.6. The SMILES string of the molecule is Cc1cccc(OCCCC(=O)NC(C(N)=O)c2ccccc2)c1. The van der Waals surface area contributed by atoms with Gasteiger partial charge in [-0.15, -0.1) is 0 Å². The highest BCUT2D eigenvalue weighted by molar-refractivity contribution is 5.87. The van der Waals surface area contributed by atoms with Gasteiger partial charge in [-0.05, 0) is 36.6 Å². The van der Waals surface area contributed by atoms with E-state index >= 15 is 0 Å². The van der Waals surface area contributed by atoms with Crippen LogP contribution in [-0.4, -0.2) is 18.4 Å². The van der Waals surface area contributed by atoms with Gasteiger partial charge in [0.05, 0.1) is 6.61 Å². The number of nitrogens with two attached hydrogens (primary N) is 1. The molecule has 5 nitrogen and oxygen atoms in total. The predicted octanol–water partition coefficient (Wildman–Crippen LogP) is 2.50. The number of carbonyl (C=O) groups is 2. The van der Waals surface area contributed by atoms with Gasteiger partial charge in [-0.25, -0.2) is 0 Å². The Labute approximate surface area is 141 Å². The number of primary amides is 1. The Balaban J connectivity index is 1.78. The van der Waals surface area contributed by atoms with Crippen molar-refractivity contribution in [2.75, 3.05) is 6.61 Å². The lowest BCUT2D eigenvalue weighted by atomic mass is 10.1. The normalized spacial score (nSPS) is 11.5. The van der Waals surface area contributed by atoms with Gasteiger partial charge in [0, 0.05) is 6.42 Å². The molecular formula is C19H22N2O3. The molecule has 0 radical (unpaired) electrons. The molecule has 1 atom stereocenters. The van der Waals surface area contributed by atoms with Crippen LogP contribution in [0, 0.1) is 6.92 Å². The lowest BCUT2D eigenvalue weighted by Crippen LogP contribution is -2.37. The van der Waals surface area contributed by atoms with Crippen molar-refractivity contribution in [2.45, 2.75) is 25.8 Å². The summed E-state index contributed by atoms with van der Waals surface area (Å²) < 4.78 is 5.60. The first-order valence-electron chi connectivity index (χ1n) is 7.89. The van der Waals surface area contributed by atoms with E-state index in [0.29, 0.717) is 18.6 Å². The Morgan fingerprint density at radius 2 is 1.88 bits per heavy atom. The van der Waals surface area contributed by atoms with Crippen LogP contribution in [-0.2, 0) is 9.59 Å². The van der Waals surface area contributed by atoms with Crippen molar-refractivity contribution in [3.05, 3.63) is 65.7 Å². The molecule has 0 heterocycles. The fraction of sp³-hybridized carbons (Fsp3) is 0.263. The highest BCUT2D eigenvalue weighted by Crippen LogP contribution is 2.14. The maximum atomic E-state index is 12.0. The number of amides is 2. The molecule has 0 saturated heterocycles. The first-order valence-corrected chi connectivity index (χ1v) is 7.89. The van der Waals surface area contributed by atoms with Crippen molar-refractivity contribution in [2.24, 2.45) is 5.73 Å². The molecule has 1 unspecified atom stereocenters.